The van der Waals surface area contributed by atoms with Crippen molar-refractivity contribution in [1.29, 1.82) is 0 Å². The van der Waals surface area contributed by atoms with E-state index >= 15 is 0 Å². The molecule has 1 amide bonds. The number of rotatable bonds is 4. The molecule has 1 heterocycles. The van der Waals surface area contributed by atoms with Crippen molar-refractivity contribution >= 4 is 5.91 Å². The van der Waals surface area contributed by atoms with Crippen LogP contribution in [-0.4, -0.2) is 17.6 Å². The molecule has 74 valence electrons. The Balaban J connectivity index is 2.33. The number of carbonyl (C=O) groups excluding carboxylic acids is 1. The fraction of sp³-hybridized carbons (Fsp3) is 0.400. The largest absolute Gasteiger partial charge is 0.351 e. The second-order valence-electron chi connectivity index (χ2n) is 2.90. The first-order valence-electron chi connectivity index (χ1n) is 4.39. The molecule has 0 unspecified atom stereocenters. The van der Waals surface area contributed by atoms with Crippen molar-refractivity contribution in [2.24, 2.45) is 0 Å². The lowest BCUT2D eigenvalue weighted by atomic mass is 10.3. The van der Waals surface area contributed by atoms with Crippen molar-refractivity contribution in [2.45, 2.75) is 19.8 Å². The summed E-state index contributed by atoms with van der Waals surface area (Å²) in [6, 6.07) is 1.59. The summed E-state index contributed by atoms with van der Waals surface area (Å²) in [5.41, 5.74) is 0.693. The Morgan fingerprint density at radius 3 is 3.14 bits per heavy atom. The third-order valence-electron chi connectivity index (χ3n) is 1.64. The van der Waals surface area contributed by atoms with Gasteiger partial charge in [-0.25, -0.2) is 0 Å². The minimum absolute atomic E-state index is 0.239. The molecule has 14 heavy (non-hydrogen) atoms. The van der Waals surface area contributed by atoms with Crippen molar-refractivity contribution in [1.82, 2.24) is 10.5 Å². The molecule has 0 saturated heterocycles. The molecule has 0 aromatic carbocycles. The summed E-state index contributed by atoms with van der Waals surface area (Å²) in [7, 11) is 0. The van der Waals surface area contributed by atoms with Gasteiger partial charge < -0.3 is 9.84 Å². The molecule has 0 atom stereocenters. The van der Waals surface area contributed by atoms with E-state index in [1.54, 1.807) is 13.0 Å². The van der Waals surface area contributed by atoms with Gasteiger partial charge in [0.05, 0.1) is 5.69 Å². The number of hydrogen-bond donors (Lipinski definition) is 1. The quantitative estimate of drug-likeness (QED) is 0.574. The second kappa shape index (κ2) is 5.07. The van der Waals surface area contributed by atoms with Gasteiger partial charge >= 0.3 is 0 Å². The lowest BCUT2D eigenvalue weighted by Gasteiger charge is -1.98. The maximum absolute atomic E-state index is 11.3. The molecule has 1 aromatic heterocycles. The lowest BCUT2D eigenvalue weighted by molar-refractivity contribution is 0.0916. The van der Waals surface area contributed by atoms with Crippen LogP contribution in [0.1, 0.15) is 29.1 Å². The van der Waals surface area contributed by atoms with Gasteiger partial charge in [0, 0.05) is 19.0 Å². The second-order valence-corrected chi connectivity index (χ2v) is 2.90. The number of carbonyl (C=O) groups is 1. The van der Waals surface area contributed by atoms with E-state index in [0.29, 0.717) is 18.7 Å². The van der Waals surface area contributed by atoms with E-state index < -0.39 is 0 Å². The molecule has 0 saturated carbocycles. The highest BCUT2D eigenvalue weighted by molar-refractivity contribution is 5.91. The zero-order valence-corrected chi connectivity index (χ0v) is 8.04. The fourth-order valence-corrected chi connectivity index (χ4v) is 0.950. The fourth-order valence-electron chi connectivity index (χ4n) is 0.950. The molecule has 1 N–H and O–H groups in total. The van der Waals surface area contributed by atoms with Gasteiger partial charge in [-0.3, -0.25) is 4.79 Å². The molecule has 4 heteroatoms. The van der Waals surface area contributed by atoms with E-state index in [1.165, 1.54) is 0 Å². The highest BCUT2D eigenvalue weighted by atomic mass is 16.5. The Bertz CT molecular complexity index is 349. The Morgan fingerprint density at radius 2 is 2.57 bits per heavy atom. The Kier molecular flexibility index (Phi) is 3.74. The van der Waals surface area contributed by atoms with Crippen LogP contribution in [0.2, 0.25) is 0 Å². The summed E-state index contributed by atoms with van der Waals surface area (Å²) < 4.78 is 4.78. The van der Waals surface area contributed by atoms with Crippen molar-refractivity contribution in [2.75, 3.05) is 6.54 Å². The molecular weight excluding hydrogens is 180 g/mol. The van der Waals surface area contributed by atoms with Gasteiger partial charge in [-0.05, 0) is 13.3 Å². The molecule has 1 rings (SSSR count). The van der Waals surface area contributed by atoms with Gasteiger partial charge in [0.2, 0.25) is 5.76 Å². The Morgan fingerprint density at radius 1 is 1.79 bits per heavy atom. The monoisotopic (exact) mass is 192 g/mol. The zero-order chi connectivity index (χ0) is 10.4. The summed E-state index contributed by atoms with van der Waals surface area (Å²) in [6.45, 7) is 2.32. The standard InChI is InChI=1S/C10H12N2O2/c1-3-4-5-6-11-10(13)9-7-8(2)12-14-9/h1,7H,4-6H2,2H3,(H,11,13). The number of aromatic nitrogens is 1. The molecule has 0 aliphatic heterocycles. The number of aryl methyl sites for hydroxylation is 1. The number of nitrogens with one attached hydrogen (secondary N) is 1. The highest BCUT2D eigenvalue weighted by Crippen LogP contribution is 2.01. The van der Waals surface area contributed by atoms with Crippen molar-refractivity contribution in [3.63, 3.8) is 0 Å². The first kappa shape index (κ1) is 10.3. The number of hydrogen-bond acceptors (Lipinski definition) is 3. The molecule has 0 aliphatic carbocycles. The predicted octanol–water partition coefficient (Wildman–Crippen LogP) is 1.13. The number of terminal acetylenes is 1. The van der Waals surface area contributed by atoms with Crippen LogP contribution < -0.4 is 5.32 Å². The molecular formula is C10H12N2O2. The summed E-state index contributed by atoms with van der Waals surface area (Å²) >= 11 is 0. The maximum atomic E-state index is 11.3. The van der Waals surface area contributed by atoms with Crippen LogP contribution in [-0.2, 0) is 0 Å². The molecule has 0 spiro atoms. The topological polar surface area (TPSA) is 55.1 Å². The van der Waals surface area contributed by atoms with Crippen molar-refractivity contribution in [3.8, 4) is 12.3 Å². The SMILES string of the molecule is C#CCCCNC(=O)c1cc(C)no1. The van der Waals surface area contributed by atoms with Gasteiger partial charge in [-0.1, -0.05) is 5.16 Å². The molecule has 0 fully saturated rings. The summed E-state index contributed by atoms with van der Waals surface area (Å²) in [5.74, 6) is 2.49. The van der Waals surface area contributed by atoms with Crippen LogP contribution in [0.15, 0.2) is 10.6 Å². The van der Waals surface area contributed by atoms with Gasteiger partial charge in [-0.15, -0.1) is 12.3 Å². The molecule has 4 nitrogen and oxygen atoms in total. The number of unbranched alkanes of at least 4 members (excludes halogenated alkanes) is 1. The van der Waals surface area contributed by atoms with E-state index in [0.717, 1.165) is 6.42 Å². The third-order valence-corrected chi connectivity index (χ3v) is 1.64. The van der Waals surface area contributed by atoms with E-state index in [4.69, 9.17) is 10.9 Å². The van der Waals surface area contributed by atoms with Crippen LogP contribution >= 0.6 is 0 Å². The normalized spacial score (nSPS) is 9.43. The maximum Gasteiger partial charge on any atom is 0.289 e. The van der Waals surface area contributed by atoms with Crippen LogP contribution in [0.4, 0.5) is 0 Å². The molecule has 0 bridgehead atoms. The zero-order valence-electron chi connectivity index (χ0n) is 8.04. The van der Waals surface area contributed by atoms with Gasteiger partial charge in [0.25, 0.3) is 5.91 Å². The average molecular weight is 192 g/mol. The van der Waals surface area contributed by atoms with Gasteiger partial charge in [-0.2, -0.15) is 0 Å². The van der Waals surface area contributed by atoms with E-state index in [-0.39, 0.29) is 11.7 Å². The molecule has 0 aliphatic rings. The summed E-state index contributed by atoms with van der Waals surface area (Å²) in [5, 5.41) is 6.29. The van der Waals surface area contributed by atoms with Crippen LogP contribution in [0.3, 0.4) is 0 Å². The van der Waals surface area contributed by atoms with E-state index in [9.17, 15) is 4.79 Å². The van der Waals surface area contributed by atoms with Crippen LogP contribution in [0.5, 0.6) is 0 Å². The first-order chi connectivity index (χ1) is 6.74. The Labute approximate surface area is 82.7 Å². The number of nitrogens with zero attached hydrogens (tertiary/aromatic N) is 1. The highest BCUT2D eigenvalue weighted by Gasteiger charge is 2.09. The minimum Gasteiger partial charge on any atom is -0.351 e. The van der Waals surface area contributed by atoms with Crippen molar-refractivity contribution in [3.05, 3.63) is 17.5 Å². The average Bonchev–Trinajstić information content (AvgIpc) is 2.59. The van der Waals surface area contributed by atoms with Gasteiger partial charge in [0.1, 0.15) is 0 Å². The molecule has 1 aromatic rings. The van der Waals surface area contributed by atoms with E-state index in [1.807, 2.05) is 0 Å². The smallest absolute Gasteiger partial charge is 0.289 e. The Hall–Kier alpha value is -1.76. The molecule has 0 radical (unpaired) electrons. The number of amides is 1. The van der Waals surface area contributed by atoms with Gasteiger partial charge in [0.15, 0.2) is 0 Å². The van der Waals surface area contributed by atoms with Crippen LogP contribution in [0, 0.1) is 19.3 Å². The predicted molar refractivity (Wildman–Crippen MR) is 51.6 cm³/mol. The summed E-state index contributed by atoms with van der Waals surface area (Å²) in [4.78, 5) is 11.3. The first-order valence-corrected chi connectivity index (χ1v) is 4.39. The van der Waals surface area contributed by atoms with Crippen molar-refractivity contribution < 1.29 is 9.32 Å². The summed E-state index contributed by atoms with van der Waals surface area (Å²) in [6.07, 6.45) is 6.50. The van der Waals surface area contributed by atoms with E-state index in [2.05, 4.69) is 16.4 Å². The lowest BCUT2D eigenvalue weighted by Crippen LogP contribution is -2.23. The minimum atomic E-state index is -0.248. The third kappa shape index (κ3) is 2.94. The van der Waals surface area contributed by atoms with Crippen LogP contribution in [0.25, 0.3) is 0 Å².